The summed E-state index contributed by atoms with van der Waals surface area (Å²) in [5.41, 5.74) is 4.07. The molecule has 0 unspecified atom stereocenters. The number of nitrogens with zero attached hydrogens (tertiary/aromatic N) is 4. The Kier molecular flexibility index (Phi) is 6.24. The zero-order valence-electron chi connectivity index (χ0n) is 19.8. The van der Waals surface area contributed by atoms with Crippen molar-refractivity contribution in [3.8, 4) is 11.3 Å². The zero-order chi connectivity index (χ0) is 24.6. The Labute approximate surface area is 199 Å². The number of hydrogen-bond donors (Lipinski definition) is 1. The van der Waals surface area contributed by atoms with Crippen LogP contribution in [-0.4, -0.2) is 47.5 Å². The molecule has 8 nitrogen and oxygen atoms in total. The van der Waals surface area contributed by atoms with E-state index in [-0.39, 0.29) is 16.8 Å². The highest BCUT2D eigenvalue weighted by Crippen LogP contribution is 2.28. The quantitative estimate of drug-likeness (QED) is 0.441. The van der Waals surface area contributed by atoms with E-state index < -0.39 is 10.0 Å². The fourth-order valence-corrected chi connectivity index (χ4v) is 4.55. The average Bonchev–Trinajstić information content (AvgIpc) is 3.23. The maximum absolute atomic E-state index is 13.4. The number of fused-ring (bicyclic) bond motifs is 1. The van der Waals surface area contributed by atoms with E-state index in [0.29, 0.717) is 28.0 Å². The highest BCUT2D eigenvalue weighted by molar-refractivity contribution is 7.89. The number of anilines is 1. The molecule has 2 aromatic carbocycles. The van der Waals surface area contributed by atoms with E-state index in [2.05, 4.69) is 10.4 Å². The average molecular weight is 478 g/mol. The summed E-state index contributed by atoms with van der Waals surface area (Å²) in [7, 11) is -0.697. The van der Waals surface area contributed by atoms with E-state index in [1.165, 1.54) is 26.2 Å². The third-order valence-corrected chi connectivity index (χ3v) is 7.33. The number of pyridine rings is 1. The van der Waals surface area contributed by atoms with Crippen LogP contribution in [0.5, 0.6) is 0 Å². The molecule has 9 heteroatoms. The fraction of sp³-hybridized carbons (Fsp3) is 0.240. The van der Waals surface area contributed by atoms with E-state index in [9.17, 15) is 13.2 Å². The summed E-state index contributed by atoms with van der Waals surface area (Å²) < 4.78 is 27.9. The van der Waals surface area contributed by atoms with Gasteiger partial charge in [-0.05, 0) is 45.0 Å². The van der Waals surface area contributed by atoms with Crippen LogP contribution in [-0.2, 0) is 10.0 Å². The van der Waals surface area contributed by atoms with Gasteiger partial charge in [0.05, 0.1) is 27.7 Å². The molecule has 0 saturated carbocycles. The Morgan fingerprint density at radius 1 is 1.06 bits per heavy atom. The van der Waals surface area contributed by atoms with Gasteiger partial charge in [-0.25, -0.2) is 22.4 Å². The third-order valence-electron chi connectivity index (χ3n) is 5.52. The molecule has 0 aliphatic heterocycles. The van der Waals surface area contributed by atoms with Crippen LogP contribution in [0.2, 0.25) is 0 Å². The second-order valence-electron chi connectivity index (χ2n) is 8.61. The lowest BCUT2D eigenvalue weighted by molar-refractivity contribution is 0.102. The van der Waals surface area contributed by atoms with E-state index >= 15 is 0 Å². The number of sulfonamides is 1. The van der Waals surface area contributed by atoms with Crippen molar-refractivity contribution in [3.63, 3.8) is 0 Å². The molecule has 4 aromatic rings. The molecule has 4 rings (SSSR count). The van der Waals surface area contributed by atoms with Gasteiger partial charge in [0.15, 0.2) is 5.65 Å². The Morgan fingerprint density at radius 3 is 2.41 bits per heavy atom. The highest BCUT2D eigenvalue weighted by Gasteiger charge is 2.21. The topological polar surface area (TPSA) is 97.2 Å². The molecule has 176 valence electrons. The molecule has 0 saturated heterocycles. The highest BCUT2D eigenvalue weighted by atomic mass is 32.2. The van der Waals surface area contributed by atoms with Gasteiger partial charge in [-0.2, -0.15) is 5.10 Å². The summed E-state index contributed by atoms with van der Waals surface area (Å²) in [6.07, 6.45) is 1.64. The number of rotatable bonds is 6. The maximum atomic E-state index is 13.4. The molecule has 0 radical (unpaired) electrons. The lowest BCUT2D eigenvalue weighted by atomic mass is 10.0. The van der Waals surface area contributed by atoms with Crippen LogP contribution in [0, 0.1) is 6.92 Å². The summed E-state index contributed by atoms with van der Waals surface area (Å²) in [6, 6.07) is 15.9. The van der Waals surface area contributed by atoms with Crippen LogP contribution >= 0.6 is 0 Å². The first-order valence-electron chi connectivity index (χ1n) is 10.9. The van der Waals surface area contributed by atoms with Crippen molar-refractivity contribution < 1.29 is 13.2 Å². The fourth-order valence-electron chi connectivity index (χ4n) is 3.60. The van der Waals surface area contributed by atoms with Gasteiger partial charge in [0, 0.05) is 31.4 Å². The summed E-state index contributed by atoms with van der Waals surface area (Å²) in [4.78, 5) is 18.3. The Hall–Kier alpha value is -3.56. The van der Waals surface area contributed by atoms with Gasteiger partial charge in [-0.15, -0.1) is 0 Å². The zero-order valence-corrected chi connectivity index (χ0v) is 20.6. The van der Waals surface area contributed by atoms with Gasteiger partial charge < -0.3 is 5.32 Å². The van der Waals surface area contributed by atoms with E-state index in [1.54, 1.807) is 29.1 Å². The van der Waals surface area contributed by atoms with Gasteiger partial charge in [0.1, 0.15) is 0 Å². The number of amides is 1. The summed E-state index contributed by atoms with van der Waals surface area (Å²) in [5, 5.41) is 7.91. The molecular weight excluding hydrogens is 450 g/mol. The molecule has 34 heavy (non-hydrogen) atoms. The number of benzene rings is 2. The van der Waals surface area contributed by atoms with E-state index in [1.807, 2.05) is 45.0 Å². The second kappa shape index (κ2) is 9.00. The van der Waals surface area contributed by atoms with Gasteiger partial charge in [0.2, 0.25) is 10.0 Å². The SMILES string of the molecule is Cc1ccc(-c2cc(C(=O)Nc3cccc(S(=O)(=O)N(C)C)c3)c3cnn(C(C)C)c3n2)cc1. The largest absolute Gasteiger partial charge is 0.322 e. The van der Waals surface area contributed by atoms with Gasteiger partial charge in [-0.1, -0.05) is 35.9 Å². The smallest absolute Gasteiger partial charge is 0.256 e. The lowest BCUT2D eigenvalue weighted by Gasteiger charge is -2.13. The van der Waals surface area contributed by atoms with Gasteiger partial charge >= 0.3 is 0 Å². The molecule has 0 bridgehead atoms. The van der Waals surface area contributed by atoms with Crippen LogP contribution in [0.3, 0.4) is 0 Å². The first-order valence-corrected chi connectivity index (χ1v) is 12.3. The second-order valence-corrected chi connectivity index (χ2v) is 10.8. The number of hydrogen-bond acceptors (Lipinski definition) is 5. The number of nitrogens with one attached hydrogen (secondary N) is 1. The molecule has 1 amide bonds. The minimum absolute atomic E-state index is 0.0575. The third kappa shape index (κ3) is 4.44. The van der Waals surface area contributed by atoms with Crippen LogP contribution < -0.4 is 5.32 Å². The van der Waals surface area contributed by atoms with Gasteiger partial charge in [0.25, 0.3) is 5.91 Å². The monoisotopic (exact) mass is 477 g/mol. The minimum atomic E-state index is -3.63. The number of aromatic nitrogens is 3. The van der Waals surface area contributed by atoms with E-state index in [4.69, 9.17) is 4.98 Å². The minimum Gasteiger partial charge on any atom is -0.322 e. The van der Waals surface area contributed by atoms with Crippen molar-refractivity contribution >= 4 is 32.7 Å². The van der Waals surface area contributed by atoms with Crippen molar-refractivity contribution in [2.24, 2.45) is 0 Å². The molecule has 0 atom stereocenters. The van der Waals surface area contributed by atoms with Crippen LogP contribution in [0.1, 0.15) is 35.8 Å². The standard InChI is InChI=1S/C25H27N5O3S/c1-16(2)30-24-22(15-26-30)21(14-23(28-24)18-11-9-17(3)10-12-18)25(31)27-19-7-6-8-20(13-19)34(32,33)29(4)5/h6-16H,1-5H3,(H,27,31). The van der Waals surface area contributed by atoms with Crippen molar-refractivity contribution in [3.05, 3.63) is 71.9 Å². The van der Waals surface area contributed by atoms with Crippen LogP contribution in [0.4, 0.5) is 5.69 Å². The predicted octanol–water partition coefficient (Wildman–Crippen LogP) is 4.49. The molecule has 2 aromatic heterocycles. The number of carbonyl (C=O) groups is 1. The Bertz CT molecular complexity index is 1470. The summed E-state index contributed by atoms with van der Waals surface area (Å²) in [6.45, 7) is 6.02. The first kappa shape index (κ1) is 23.6. The first-order chi connectivity index (χ1) is 16.1. The van der Waals surface area contributed by atoms with Crippen molar-refractivity contribution in [1.82, 2.24) is 19.1 Å². The van der Waals surface area contributed by atoms with Crippen molar-refractivity contribution in [1.29, 1.82) is 0 Å². The van der Waals surface area contributed by atoms with Crippen molar-refractivity contribution in [2.45, 2.75) is 31.7 Å². The van der Waals surface area contributed by atoms with E-state index in [0.717, 1.165) is 15.4 Å². The summed E-state index contributed by atoms with van der Waals surface area (Å²) >= 11 is 0. The van der Waals surface area contributed by atoms with Crippen LogP contribution in [0.15, 0.2) is 65.7 Å². The molecule has 2 heterocycles. The van der Waals surface area contributed by atoms with Gasteiger partial charge in [-0.3, -0.25) is 4.79 Å². The Balaban J connectivity index is 1.79. The summed E-state index contributed by atoms with van der Waals surface area (Å²) in [5.74, 6) is -0.372. The predicted molar refractivity (Wildman–Crippen MR) is 133 cm³/mol. The maximum Gasteiger partial charge on any atom is 0.256 e. The molecule has 0 aliphatic carbocycles. The van der Waals surface area contributed by atoms with Crippen molar-refractivity contribution in [2.75, 3.05) is 19.4 Å². The molecule has 0 fully saturated rings. The van der Waals surface area contributed by atoms with Crippen LogP contribution in [0.25, 0.3) is 22.3 Å². The normalized spacial score (nSPS) is 12.0. The molecular formula is C25H27N5O3S. The molecule has 1 N–H and O–H groups in total. The number of carbonyl (C=O) groups excluding carboxylic acids is 1. The number of aryl methyl sites for hydroxylation is 1. The molecule has 0 aliphatic rings. The Morgan fingerprint density at radius 2 is 1.76 bits per heavy atom. The molecule has 0 spiro atoms. The lowest BCUT2D eigenvalue weighted by Crippen LogP contribution is -2.22.